The maximum Gasteiger partial charge on any atom is 0.226 e. The number of hydrogen-bond donors (Lipinski definition) is 1. The van der Waals surface area contributed by atoms with Gasteiger partial charge in [-0.25, -0.2) is 8.78 Å². The number of nitrogens with two attached hydrogens (primary N) is 1. The molecular formula is C17H25ClF2N2O. The maximum atomic E-state index is 13.3. The highest BCUT2D eigenvalue weighted by molar-refractivity contribution is 5.85. The van der Waals surface area contributed by atoms with Crippen LogP contribution in [0.15, 0.2) is 18.2 Å². The summed E-state index contributed by atoms with van der Waals surface area (Å²) in [6.45, 7) is 4.75. The van der Waals surface area contributed by atoms with Crippen molar-refractivity contribution in [3.63, 3.8) is 0 Å². The Hall–Kier alpha value is -1.20. The summed E-state index contributed by atoms with van der Waals surface area (Å²) in [5.41, 5.74) is 6.69. The number of halogens is 3. The largest absolute Gasteiger partial charge is 0.345 e. The van der Waals surface area contributed by atoms with Crippen LogP contribution < -0.4 is 5.73 Å². The molecule has 0 heterocycles. The molecule has 0 bridgehead atoms. The average Bonchev–Trinajstić information content (AvgIpc) is 3.26. The number of carbonyl (C=O) groups excluding carboxylic acids is 1. The molecule has 2 rings (SSSR count). The standard InChI is InChI=1S/C17H24F2N2O.ClH/c1-10(2)16(20)6-7-21(3)17(22)13-9-12(13)11-4-5-14(18)15(19)8-11;/h4-5,8,10,12-13,16H,6-7,9,20H2,1-3H3;1H. The van der Waals surface area contributed by atoms with Gasteiger partial charge in [-0.3, -0.25) is 4.79 Å². The van der Waals surface area contributed by atoms with Gasteiger partial charge in [0.1, 0.15) is 0 Å². The van der Waals surface area contributed by atoms with Gasteiger partial charge >= 0.3 is 0 Å². The first-order chi connectivity index (χ1) is 10.3. The molecule has 3 unspecified atom stereocenters. The lowest BCUT2D eigenvalue weighted by Gasteiger charge is -2.21. The van der Waals surface area contributed by atoms with Crippen molar-refractivity contribution < 1.29 is 13.6 Å². The van der Waals surface area contributed by atoms with Gasteiger partial charge in [0, 0.05) is 25.6 Å². The highest BCUT2D eigenvalue weighted by atomic mass is 35.5. The molecule has 0 aromatic heterocycles. The molecule has 0 saturated heterocycles. The lowest BCUT2D eigenvalue weighted by atomic mass is 10.0. The molecule has 2 N–H and O–H groups in total. The average molecular weight is 347 g/mol. The second kappa shape index (κ2) is 8.06. The van der Waals surface area contributed by atoms with Gasteiger partial charge in [-0.1, -0.05) is 19.9 Å². The highest BCUT2D eigenvalue weighted by Gasteiger charge is 2.45. The molecule has 1 saturated carbocycles. The number of benzene rings is 1. The fourth-order valence-corrected chi connectivity index (χ4v) is 2.65. The molecule has 0 aliphatic heterocycles. The molecule has 1 fully saturated rings. The lowest BCUT2D eigenvalue weighted by molar-refractivity contribution is -0.131. The Morgan fingerprint density at radius 2 is 2.00 bits per heavy atom. The second-order valence-corrected chi connectivity index (χ2v) is 6.58. The van der Waals surface area contributed by atoms with Crippen LogP contribution in [0.1, 0.15) is 38.2 Å². The van der Waals surface area contributed by atoms with E-state index >= 15 is 0 Å². The molecule has 3 nitrogen and oxygen atoms in total. The Bertz CT molecular complexity index is 553. The summed E-state index contributed by atoms with van der Waals surface area (Å²) >= 11 is 0. The van der Waals surface area contributed by atoms with Crippen LogP contribution in [-0.4, -0.2) is 30.4 Å². The number of hydrogen-bond acceptors (Lipinski definition) is 2. The zero-order valence-corrected chi connectivity index (χ0v) is 14.6. The summed E-state index contributed by atoms with van der Waals surface area (Å²) in [6, 6.07) is 3.96. The molecule has 1 aromatic carbocycles. The van der Waals surface area contributed by atoms with Crippen LogP contribution >= 0.6 is 12.4 Å². The Morgan fingerprint density at radius 3 is 2.57 bits per heavy atom. The maximum absolute atomic E-state index is 13.3. The first-order valence-corrected chi connectivity index (χ1v) is 7.76. The van der Waals surface area contributed by atoms with E-state index in [0.717, 1.165) is 12.5 Å². The fourth-order valence-electron chi connectivity index (χ4n) is 2.65. The summed E-state index contributed by atoms with van der Waals surface area (Å²) in [6.07, 6.45) is 1.47. The lowest BCUT2D eigenvalue weighted by Crippen LogP contribution is -2.35. The van der Waals surface area contributed by atoms with E-state index < -0.39 is 11.6 Å². The van der Waals surface area contributed by atoms with Gasteiger partial charge in [-0.15, -0.1) is 12.4 Å². The van der Waals surface area contributed by atoms with Crippen molar-refractivity contribution in [2.45, 2.75) is 38.6 Å². The normalized spacial score (nSPS) is 20.8. The minimum Gasteiger partial charge on any atom is -0.345 e. The number of nitrogens with zero attached hydrogens (tertiary/aromatic N) is 1. The van der Waals surface area contributed by atoms with Crippen LogP contribution in [-0.2, 0) is 4.79 Å². The van der Waals surface area contributed by atoms with Crippen LogP contribution in [0.4, 0.5) is 8.78 Å². The minimum atomic E-state index is -0.855. The van der Waals surface area contributed by atoms with E-state index in [2.05, 4.69) is 13.8 Å². The number of amides is 1. The minimum absolute atomic E-state index is 0. The van der Waals surface area contributed by atoms with Crippen molar-refractivity contribution in [2.75, 3.05) is 13.6 Å². The van der Waals surface area contributed by atoms with Crippen molar-refractivity contribution in [1.29, 1.82) is 0 Å². The SMILES string of the molecule is CC(C)C(N)CCN(C)C(=O)C1CC1c1ccc(F)c(F)c1.Cl. The summed E-state index contributed by atoms with van der Waals surface area (Å²) in [7, 11) is 1.77. The van der Waals surface area contributed by atoms with Gasteiger partial charge in [0.2, 0.25) is 5.91 Å². The zero-order valence-electron chi connectivity index (χ0n) is 13.8. The van der Waals surface area contributed by atoms with Gasteiger partial charge in [-0.2, -0.15) is 0 Å². The molecule has 1 aliphatic rings. The van der Waals surface area contributed by atoms with Gasteiger partial charge in [0.25, 0.3) is 0 Å². The Balaban J connectivity index is 0.00000264. The van der Waals surface area contributed by atoms with E-state index in [4.69, 9.17) is 5.73 Å². The summed E-state index contributed by atoms with van der Waals surface area (Å²) in [4.78, 5) is 14.0. The monoisotopic (exact) mass is 346 g/mol. The number of carbonyl (C=O) groups is 1. The van der Waals surface area contributed by atoms with Crippen LogP contribution in [0.5, 0.6) is 0 Å². The molecule has 1 aliphatic carbocycles. The Kier molecular flexibility index (Phi) is 6.96. The molecule has 23 heavy (non-hydrogen) atoms. The molecular weight excluding hydrogens is 322 g/mol. The van der Waals surface area contributed by atoms with Crippen LogP contribution in [0.2, 0.25) is 0 Å². The first kappa shape index (κ1) is 19.8. The Morgan fingerprint density at radius 1 is 1.35 bits per heavy atom. The van der Waals surface area contributed by atoms with E-state index in [-0.39, 0.29) is 36.2 Å². The third-order valence-corrected chi connectivity index (χ3v) is 4.51. The van der Waals surface area contributed by atoms with E-state index in [1.807, 2.05) is 0 Å². The Labute approximate surface area is 142 Å². The third kappa shape index (κ3) is 4.88. The van der Waals surface area contributed by atoms with Gasteiger partial charge in [0.15, 0.2) is 11.6 Å². The van der Waals surface area contributed by atoms with Gasteiger partial charge in [0.05, 0.1) is 0 Å². The van der Waals surface area contributed by atoms with Crippen molar-refractivity contribution in [3.8, 4) is 0 Å². The van der Waals surface area contributed by atoms with Crippen LogP contribution in [0.3, 0.4) is 0 Å². The summed E-state index contributed by atoms with van der Waals surface area (Å²) in [5, 5.41) is 0. The fraction of sp³-hybridized carbons (Fsp3) is 0.588. The number of rotatable bonds is 6. The van der Waals surface area contributed by atoms with Crippen LogP contribution in [0, 0.1) is 23.5 Å². The first-order valence-electron chi connectivity index (χ1n) is 7.76. The van der Waals surface area contributed by atoms with Crippen molar-refractivity contribution in [2.24, 2.45) is 17.6 Å². The summed E-state index contributed by atoms with van der Waals surface area (Å²) < 4.78 is 26.2. The smallest absolute Gasteiger partial charge is 0.226 e. The van der Waals surface area contributed by atoms with Crippen LogP contribution in [0.25, 0.3) is 0 Å². The van der Waals surface area contributed by atoms with E-state index in [1.54, 1.807) is 18.0 Å². The molecule has 130 valence electrons. The van der Waals surface area contributed by atoms with Gasteiger partial charge in [-0.05, 0) is 42.4 Å². The molecule has 6 heteroatoms. The molecule has 3 atom stereocenters. The third-order valence-electron chi connectivity index (χ3n) is 4.51. The topological polar surface area (TPSA) is 46.3 Å². The van der Waals surface area contributed by atoms with Gasteiger partial charge < -0.3 is 10.6 Å². The quantitative estimate of drug-likeness (QED) is 0.858. The molecule has 1 amide bonds. The van der Waals surface area contributed by atoms with Crippen molar-refractivity contribution >= 4 is 18.3 Å². The summed E-state index contributed by atoms with van der Waals surface area (Å²) in [5.74, 6) is -1.38. The van der Waals surface area contributed by atoms with Crippen molar-refractivity contribution in [1.82, 2.24) is 4.90 Å². The zero-order chi connectivity index (χ0) is 16.4. The highest BCUT2D eigenvalue weighted by Crippen LogP contribution is 2.48. The molecule has 0 radical (unpaired) electrons. The molecule has 1 aromatic rings. The predicted molar refractivity (Wildman–Crippen MR) is 89.5 cm³/mol. The second-order valence-electron chi connectivity index (χ2n) is 6.58. The van der Waals surface area contributed by atoms with Crippen molar-refractivity contribution in [3.05, 3.63) is 35.4 Å². The predicted octanol–water partition coefficient (Wildman–Crippen LogP) is 3.32. The molecule has 0 spiro atoms. The van der Waals surface area contributed by atoms with E-state index in [1.165, 1.54) is 6.07 Å². The van der Waals surface area contributed by atoms with E-state index in [9.17, 15) is 13.6 Å². The van der Waals surface area contributed by atoms with E-state index in [0.29, 0.717) is 24.4 Å².